The molecule has 0 spiro atoms. The smallest absolute Gasteiger partial charge is 0.300 e. The molecule has 0 aromatic heterocycles. The van der Waals surface area contributed by atoms with E-state index in [1.807, 2.05) is 6.92 Å². The van der Waals surface area contributed by atoms with Gasteiger partial charge in [0.05, 0.1) is 0 Å². The molecule has 0 unspecified atom stereocenters. The number of Topliss-reactive ketones (excluding diaryl/α,β-unsaturated/α-hetero) is 1. The molecule has 0 saturated carbocycles. The molecule has 3 nitrogen and oxygen atoms in total. The molecule has 104 valence electrons. The van der Waals surface area contributed by atoms with Crippen molar-refractivity contribution in [1.29, 1.82) is 0 Å². The van der Waals surface area contributed by atoms with E-state index in [4.69, 9.17) is 9.90 Å². The lowest BCUT2D eigenvalue weighted by molar-refractivity contribution is -0.134. The number of carbonyl (C=O) groups is 2. The predicted octanol–water partition coefficient (Wildman–Crippen LogP) is 4.15. The monoisotopic (exact) mass is 246 g/mol. The van der Waals surface area contributed by atoms with Gasteiger partial charge in [-0.2, -0.15) is 0 Å². The van der Waals surface area contributed by atoms with Crippen molar-refractivity contribution in [3.8, 4) is 0 Å². The fourth-order valence-corrected chi connectivity index (χ4v) is 1.22. The molecular formula is C14H30O3. The van der Waals surface area contributed by atoms with Crippen molar-refractivity contribution in [2.45, 2.75) is 68.2 Å². The molecule has 0 aromatic carbocycles. The van der Waals surface area contributed by atoms with Crippen LogP contribution in [0.1, 0.15) is 68.2 Å². The molecule has 0 rings (SSSR count). The maximum atomic E-state index is 9.81. The summed E-state index contributed by atoms with van der Waals surface area (Å²) < 4.78 is 0. The Labute approximate surface area is 107 Å². The maximum Gasteiger partial charge on any atom is 0.300 e. The minimum Gasteiger partial charge on any atom is -0.481 e. The summed E-state index contributed by atoms with van der Waals surface area (Å²) in [6.07, 6.45) is 1.99. The van der Waals surface area contributed by atoms with Gasteiger partial charge in [-0.05, 0) is 24.7 Å². The summed E-state index contributed by atoms with van der Waals surface area (Å²) in [6, 6.07) is 0. The fourth-order valence-electron chi connectivity index (χ4n) is 1.22. The van der Waals surface area contributed by atoms with Crippen molar-refractivity contribution < 1.29 is 14.7 Å². The molecule has 0 aliphatic rings. The zero-order chi connectivity index (χ0) is 14.6. The van der Waals surface area contributed by atoms with Crippen molar-refractivity contribution in [3.05, 3.63) is 0 Å². The Morgan fingerprint density at radius 3 is 1.35 bits per heavy atom. The number of rotatable bonds is 2. The van der Waals surface area contributed by atoms with Crippen LogP contribution in [-0.4, -0.2) is 16.9 Å². The van der Waals surface area contributed by atoms with E-state index < -0.39 is 5.97 Å². The van der Waals surface area contributed by atoms with Crippen molar-refractivity contribution in [1.82, 2.24) is 0 Å². The second-order valence-corrected chi connectivity index (χ2v) is 5.73. The highest BCUT2D eigenvalue weighted by Gasteiger charge is 2.11. The summed E-state index contributed by atoms with van der Waals surface area (Å²) in [5, 5.41) is 7.42. The predicted molar refractivity (Wildman–Crippen MR) is 73.2 cm³/mol. The van der Waals surface area contributed by atoms with E-state index in [-0.39, 0.29) is 5.78 Å². The Balaban J connectivity index is -0.000000188. The first-order chi connectivity index (χ1) is 7.42. The van der Waals surface area contributed by atoms with Gasteiger partial charge in [-0.15, -0.1) is 0 Å². The highest BCUT2D eigenvalue weighted by molar-refractivity contribution is 5.74. The van der Waals surface area contributed by atoms with Crippen LogP contribution in [-0.2, 0) is 9.59 Å². The molecule has 0 aliphatic carbocycles. The summed E-state index contributed by atoms with van der Waals surface area (Å²) in [7, 11) is 0. The Bertz CT molecular complexity index is 196. The average Bonchev–Trinajstić information content (AvgIpc) is 1.98. The van der Waals surface area contributed by atoms with Crippen LogP contribution >= 0.6 is 0 Å². The molecule has 0 aromatic rings. The fraction of sp³-hybridized carbons (Fsp3) is 0.857. The number of carbonyl (C=O) groups excluding carboxylic acids is 1. The quantitative estimate of drug-likeness (QED) is 0.796. The SMILES string of the molecule is CC(=O)O.CC(C)CC(C)(C)C.CCC(C)=O. The van der Waals surface area contributed by atoms with Crippen molar-refractivity contribution >= 4 is 11.8 Å². The van der Waals surface area contributed by atoms with Crippen LogP contribution in [0.4, 0.5) is 0 Å². The minimum atomic E-state index is -0.833. The lowest BCUT2D eigenvalue weighted by Crippen LogP contribution is -2.08. The molecular weight excluding hydrogens is 216 g/mol. The first kappa shape index (κ1) is 21.4. The molecule has 17 heavy (non-hydrogen) atoms. The van der Waals surface area contributed by atoms with E-state index in [1.165, 1.54) is 6.42 Å². The molecule has 3 heteroatoms. The minimum absolute atomic E-state index is 0.255. The standard InChI is InChI=1S/C8H18.C4H8O.C2H4O2/c1-7(2)6-8(3,4)5;1-3-4(2)5;1-2(3)4/h7H,6H2,1-5H3;3H2,1-2H3;1H3,(H,3,4). The van der Waals surface area contributed by atoms with E-state index in [1.54, 1.807) is 6.92 Å². The van der Waals surface area contributed by atoms with Gasteiger partial charge in [-0.3, -0.25) is 4.79 Å². The van der Waals surface area contributed by atoms with Gasteiger partial charge >= 0.3 is 0 Å². The number of carboxylic acid groups (broad SMARTS) is 1. The summed E-state index contributed by atoms with van der Waals surface area (Å²) >= 11 is 0. The van der Waals surface area contributed by atoms with Crippen LogP contribution < -0.4 is 0 Å². The molecule has 0 fully saturated rings. The molecule has 0 heterocycles. The first-order valence-corrected chi connectivity index (χ1v) is 6.11. The molecule has 0 aliphatic heterocycles. The first-order valence-electron chi connectivity index (χ1n) is 6.11. The van der Waals surface area contributed by atoms with Crippen LogP contribution in [0.2, 0.25) is 0 Å². The average molecular weight is 246 g/mol. The number of aliphatic carboxylic acids is 1. The van der Waals surface area contributed by atoms with E-state index in [2.05, 4.69) is 34.6 Å². The second kappa shape index (κ2) is 11.6. The Morgan fingerprint density at radius 1 is 1.12 bits per heavy atom. The highest BCUT2D eigenvalue weighted by atomic mass is 16.4. The van der Waals surface area contributed by atoms with E-state index in [0.717, 1.165) is 12.8 Å². The van der Waals surface area contributed by atoms with Gasteiger partial charge in [0.15, 0.2) is 0 Å². The summed E-state index contributed by atoms with van der Waals surface area (Å²) in [5.41, 5.74) is 0.522. The summed E-state index contributed by atoms with van der Waals surface area (Å²) in [5.74, 6) is 0.264. The third kappa shape index (κ3) is 69.3. The molecule has 1 N–H and O–H groups in total. The zero-order valence-corrected chi connectivity index (χ0v) is 12.8. The van der Waals surface area contributed by atoms with Crippen LogP contribution in [0.15, 0.2) is 0 Å². The molecule has 0 amide bonds. The number of carboxylic acids is 1. The molecule has 0 saturated heterocycles. The van der Waals surface area contributed by atoms with E-state index in [9.17, 15) is 4.79 Å². The highest BCUT2D eigenvalue weighted by Crippen LogP contribution is 2.23. The number of hydrogen-bond donors (Lipinski definition) is 1. The molecule has 0 radical (unpaired) electrons. The zero-order valence-electron chi connectivity index (χ0n) is 12.8. The van der Waals surface area contributed by atoms with Crippen LogP contribution in [0.5, 0.6) is 0 Å². The third-order valence-electron chi connectivity index (χ3n) is 1.52. The number of ketones is 1. The van der Waals surface area contributed by atoms with Crippen LogP contribution in [0.25, 0.3) is 0 Å². The lowest BCUT2D eigenvalue weighted by Gasteiger charge is -2.19. The van der Waals surface area contributed by atoms with Crippen LogP contribution in [0, 0.1) is 11.3 Å². The van der Waals surface area contributed by atoms with Crippen LogP contribution in [0.3, 0.4) is 0 Å². The van der Waals surface area contributed by atoms with E-state index in [0.29, 0.717) is 11.8 Å². The van der Waals surface area contributed by atoms with Gasteiger partial charge in [0.1, 0.15) is 5.78 Å². The van der Waals surface area contributed by atoms with Gasteiger partial charge in [-0.1, -0.05) is 41.5 Å². The Kier molecular flexibility index (Phi) is 14.6. The van der Waals surface area contributed by atoms with Gasteiger partial charge in [0.25, 0.3) is 5.97 Å². The lowest BCUT2D eigenvalue weighted by atomic mass is 9.86. The second-order valence-electron chi connectivity index (χ2n) is 5.73. The van der Waals surface area contributed by atoms with Gasteiger partial charge in [0.2, 0.25) is 0 Å². The van der Waals surface area contributed by atoms with Crippen molar-refractivity contribution in [2.75, 3.05) is 0 Å². The Hall–Kier alpha value is -0.860. The third-order valence-corrected chi connectivity index (χ3v) is 1.52. The Morgan fingerprint density at radius 2 is 1.35 bits per heavy atom. The van der Waals surface area contributed by atoms with E-state index >= 15 is 0 Å². The summed E-state index contributed by atoms with van der Waals surface area (Å²) in [4.78, 5) is 18.8. The normalized spacial score (nSPS) is 9.71. The van der Waals surface area contributed by atoms with Gasteiger partial charge < -0.3 is 9.90 Å². The topological polar surface area (TPSA) is 54.4 Å². The largest absolute Gasteiger partial charge is 0.481 e. The van der Waals surface area contributed by atoms with Gasteiger partial charge in [-0.25, -0.2) is 0 Å². The van der Waals surface area contributed by atoms with Crippen molar-refractivity contribution in [2.24, 2.45) is 11.3 Å². The van der Waals surface area contributed by atoms with Crippen molar-refractivity contribution in [3.63, 3.8) is 0 Å². The summed E-state index contributed by atoms with van der Waals surface area (Å²) in [6.45, 7) is 15.9. The molecule has 0 atom stereocenters. The number of hydrogen-bond acceptors (Lipinski definition) is 2. The maximum absolute atomic E-state index is 9.81. The van der Waals surface area contributed by atoms with Gasteiger partial charge in [0, 0.05) is 13.3 Å². The molecule has 0 bridgehead atoms.